The van der Waals surface area contributed by atoms with E-state index in [1.54, 1.807) is 0 Å². The Hall–Kier alpha value is -6.42. The van der Waals surface area contributed by atoms with Crippen molar-refractivity contribution in [3.63, 3.8) is 0 Å². The number of benzene rings is 7. The first-order valence-corrected chi connectivity index (χ1v) is 21.0. The van der Waals surface area contributed by atoms with E-state index in [-0.39, 0.29) is 31.9 Å². The standard InChI is InChI=1S/C56H47N4O.Pt/c1-55(2,3)41-25-27-46(39-18-11-8-12-19-39)51(33-41)59-37-58(53-32-40(24-29-50(53)59)38-16-9-7-10-17-38)43-20-15-21-44(35-43)61-45-26-28-48-47-22-13-14-23-49(47)60(52(48)36-45)54-34-42(30-31-57-54)56(4,5)6;/h7-34,37H,1-6H3;/q-3;. The SMILES string of the molecule is CC(C)(C)c1ccnc(-n2c3[c-]c(Oc4[c-]c(N5[CH-]N(c6cc(C(C)(C)C)ccc6-c6ccccc6)c6ccc(-c7ccccc7)cc65)ccc4)ccc3c3ccccc32)c1.[Pt]. The van der Waals surface area contributed by atoms with Gasteiger partial charge in [0, 0.05) is 66.9 Å². The van der Waals surface area contributed by atoms with Crippen molar-refractivity contribution in [3.8, 4) is 39.6 Å². The van der Waals surface area contributed by atoms with Crippen LogP contribution < -0.4 is 14.5 Å². The van der Waals surface area contributed by atoms with Crippen molar-refractivity contribution >= 4 is 44.6 Å². The smallest absolute Gasteiger partial charge is 0.135 e. The Labute approximate surface area is 379 Å². The summed E-state index contributed by atoms with van der Waals surface area (Å²) in [6, 6.07) is 65.1. The number of para-hydroxylation sites is 1. The molecule has 0 amide bonds. The van der Waals surface area contributed by atoms with Crippen LogP contribution in [0.2, 0.25) is 0 Å². The van der Waals surface area contributed by atoms with Gasteiger partial charge in [0.25, 0.3) is 0 Å². The fraction of sp³-hybridized carbons (Fsp3) is 0.143. The topological polar surface area (TPSA) is 33.5 Å². The number of pyridine rings is 1. The molecule has 3 heterocycles. The molecule has 1 aliphatic heterocycles. The first kappa shape index (κ1) is 41.0. The number of hydrogen-bond donors (Lipinski definition) is 0. The third kappa shape index (κ3) is 7.60. The van der Waals surface area contributed by atoms with Crippen LogP contribution in [0.1, 0.15) is 52.7 Å². The molecule has 0 atom stereocenters. The summed E-state index contributed by atoms with van der Waals surface area (Å²) in [7, 11) is 0. The third-order valence-corrected chi connectivity index (χ3v) is 11.7. The summed E-state index contributed by atoms with van der Waals surface area (Å²) in [5, 5.41) is 2.23. The number of ether oxygens (including phenoxy) is 1. The van der Waals surface area contributed by atoms with Crippen molar-refractivity contribution in [2.75, 3.05) is 9.80 Å². The van der Waals surface area contributed by atoms with Gasteiger partial charge in [-0.1, -0.05) is 144 Å². The van der Waals surface area contributed by atoms with E-state index >= 15 is 0 Å². The summed E-state index contributed by atoms with van der Waals surface area (Å²) in [6.45, 7) is 15.7. The molecule has 0 fully saturated rings. The number of hydrogen-bond acceptors (Lipinski definition) is 4. The van der Waals surface area contributed by atoms with Gasteiger partial charge in [-0.05, 0) is 80.4 Å². The molecule has 2 aromatic heterocycles. The van der Waals surface area contributed by atoms with Crippen LogP contribution >= 0.6 is 0 Å². The number of anilines is 4. The van der Waals surface area contributed by atoms with Gasteiger partial charge in [0.1, 0.15) is 5.82 Å². The molecular weight excluding hydrogens is 940 g/mol. The first-order chi connectivity index (χ1) is 29.5. The molecule has 5 nitrogen and oxygen atoms in total. The molecule has 0 saturated heterocycles. The van der Waals surface area contributed by atoms with Crippen LogP contribution in [0.3, 0.4) is 0 Å². The van der Waals surface area contributed by atoms with Gasteiger partial charge in [0.05, 0.1) is 0 Å². The molecule has 9 aromatic rings. The molecule has 1 aliphatic rings. The summed E-state index contributed by atoms with van der Waals surface area (Å²) < 4.78 is 8.87. The van der Waals surface area contributed by atoms with Crippen LogP contribution in [0.5, 0.6) is 11.5 Å². The molecule has 0 radical (unpaired) electrons. The number of nitrogens with zero attached hydrogens (tertiary/aromatic N) is 4. The van der Waals surface area contributed by atoms with Crippen LogP contribution in [0, 0.1) is 18.8 Å². The van der Waals surface area contributed by atoms with E-state index < -0.39 is 0 Å². The fourth-order valence-corrected chi connectivity index (χ4v) is 8.35. The van der Waals surface area contributed by atoms with E-state index in [0.717, 1.165) is 67.1 Å². The number of rotatable bonds is 7. The number of fused-ring (bicyclic) bond motifs is 4. The Morgan fingerprint density at radius 1 is 0.516 bits per heavy atom. The van der Waals surface area contributed by atoms with Crippen molar-refractivity contribution in [1.82, 2.24) is 9.55 Å². The van der Waals surface area contributed by atoms with E-state index in [2.05, 4.69) is 220 Å². The summed E-state index contributed by atoms with van der Waals surface area (Å²) in [4.78, 5) is 9.41. The zero-order valence-corrected chi connectivity index (χ0v) is 38.0. The van der Waals surface area contributed by atoms with Crippen LogP contribution in [-0.4, -0.2) is 9.55 Å². The Morgan fingerprint density at radius 2 is 1.21 bits per heavy atom. The quantitative estimate of drug-likeness (QED) is 0.149. The molecule has 6 heteroatoms. The molecule has 0 aliphatic carbocycles. The molecule has 10 rings (SSSR count). The van der Waals surface area contributed by atoms with E-state index in [1.807, 2.05) is 24.4 Å². The van der Waals surface area contributed by atoms with Crippen LogP contribution in [0.25, 0.3) is 49.9 Å². The molecular formula is C56H47N4OPt-3. The van der Waals surface area contributed by atoms with Gasteiger partial charge in [-0.3, -0.25) is 0 Å². The molecule has 310 valence electrons. The second-order valence-electron chi connectivity index (χ2n) is 17.9. The molecule has 62 heavy (non-hydrogen) atoms. The monoisotopic (exact) mass is 986 g/mol. The van der Waals surface area contributed by atoms with Crippen molar-refractivity contribution in [2.45, 2.75) is 52.4 Å². The van der Waals surface area contributed by atoms with Crippen LogP contribution in [0.4, 0.5) is 22.7 Å². The van der Waals surface area contributed by atoms with E-state index in [0.29, 0.717) is 11.5 Å². The van der Waals surface area contributed by atoms with Gasteiger partial charge in [0.15, 0.2) is 0 Å². The maximum Gasteiger partial charge on any atom is 0.135 e. The van der Waals surface area contributed by atoms with Crippen molar-refractivity contribution in [3.05, 3.63) is 200 Å². The van der Waals surface area contributed by atoms with Crippen LogP contribution in [-0.2, 0) is 31.9 Å². The zero-order chi connectivity index (χ0) is 41.9. The number of aromatic nitrogens is 2. The van der Waals surface area contributed by atoms with E-state index in [9.17, 15) is 0 Å². The van der Waals surface area contributed by atoms with Crippen molar-refractivity contribution in [2.24, 2.45) is 0 Å². The normalized spacial score (nSPS) is 12.7. The molecule has 0 N–H and O–H groups in total. The molecule has 0 saturated carbocycles. The molecule has 7 aromatic carbocycles. The summed E-state index contributed by atoms with van der Waals surface area (Å²) in [6.07, 6.45) is 1.90. The van der Waals surface area contributed by atoms with E-state index in [4.69, 9.17) is 9.72 Å². The van der Waals surface area contributed by atoms with Crippen LogP contribution in [0.15, 0.2) is 170 Å². The average Bonchev–Trinajstić information content (AvgIpc) is 3.82. The zero-order valence-electron chi connectivity index (χ0n) is 35.8. The second-order valence-corrected chi connectivity index (χ2v) is 17.9. The van der Waals surface area contributed by atoms with Gasteiger partial charge < -0.3 is 19.1 Å². The third-order valence-electron chi connectivity index (χ3n) is 11.7. The Bertz CT molecular complexity index is 3070. The maximum absolute atomic E-state index is 6.68. The summed E-state index contributed by atoms with van der Waals surface area (Å²) in [5.74, 6) is 2.05. The van der Waals surface area contributed by atoms with Crippen molar-refractivity contribution in [1.29, 1.82) is 0 Å². The molecule has 0 spiro atoms. The Balaban J connectivity index is 0.00000490. The summed E-state index contributed by atoms with van der Waals surface area (Å²) >= 11 is 0. The predicted molar refractivity (Wildman–Crippen MR) is 252 cm³/mol. The Morgan fingerprint density at radius 3 is 1.97 bits per heavy atom. The minimum absolute atomic E-state index is 0. The summed E-state index contributed by atoms with van der Waals surface area (Å²) in [5.41, 5.74) is 13.1. The maximum atomic E-state index is 6.68. The van der Waals surface area contributed by atoms with Gasteiger partial charge in [0.2, 0.25) is 0 Å². The predicted octanol–water partition coefficient (Wildman–Crippen LogP) is 14.9. The average molecular weight is 987 g/mol. The van der Waals surface area contributed by atoms with Crippen molar-refractivity contribution < 1.29 is 25.8 Å². The second kappa shape index (κ2) is 16.1. The Kier molecular flexibility index (Phi) is 10.7. The van der Waals surface area contributed by atoms with Gasteiger partial charge in [-0.2, -0.15) is 12.1 Å². The van der Waals surface area contributed by atoms with Gasteiger partial charge >= 0.3 is 0 Å². The minimum Gasteiger partial charge on any atom is -0.509 e. The largest absolute Gasteiger partial charge is 0.509 e. The molecule has 0 bridgehead atoms. The fourth-order valence-electron chi connectivity index (χ4n) is 8.35. The van der Waals surface area contributed by atoms with Gasteiger partial charge in [-0.15, -0.1) is 48.1 Å². The minimum atomic E-state index is -0.0375. The van der Waals surface area contributed by atoms with E-state index in [1.165, 1.54) is 16.7 Å². The first-order valence-electron chi connectivity index (χ1n) is 21.0. The van der Waals surface area contributed by atoms with Gasteiger partial charge in [-0.25, -0.2) is 4.98 Å². The molecule has 0 unspecified atom stereocenters.